The Morgan fingerprint density at radius 2 is 2.00 bits per heavy atom. The number of hydrogen-bond acceptors (Lipinski definition) is 4. The summed E-state index contributed by atoms with van der Waals surface area (Å²) in [6.45, 7) is 2.26. The predicted octanol–water partition coefficient (Wildman–Crippen LogP) is 1.66. The molecule has 102 valence electrons. The molecule has 0 bridgehead atoms. The SMILES string of the molecule is CS(=O)(=O)O.C[C@H]1COc2c(ccc(F)c2F)N1. The largest absolute Gasteiger partial charge is 0.486 e. The summed E-state index contributed by atoms with van der Waals surface area (Å²) in [4.78, 5) is 0. The van der Waals surface area contributed by atoms with Crippen molar-refractivity contribution in [3.8, 4) is 5.75 Å². The second-order valence-corrected chi connectivity index (χ2v) is 5.29. The molecule has 0 saturated heterocycles. The number of ether oxygens (including phenoxy) is 1. The summed E-state index contributed by atoms with van der Waals surface area (Å²) in [5, 5.41) is 3.00. The van der Waals surface area contributed by atoms with E-state index in [2.05, 4.69) is 5.32 Å². The van der Waals surface area contributed by atoms with Crippen LogP contribution in [0.15, 0.2) is 12.1 Å². The van der Waals surface area contributed by atoms with E-state index in [-0.39, 0.29) is 11.8 Å². The van der Waals surface area contributed by atoms with E-state index >= 15 is 0 Å². The minimum Gasteiger partial charge on any atom is -0.486 e. The number of hydrogen-bond donors (Lipinski definition) is 2. The standard InChI is InChI=1S/C9H9F2NO.CH4O3S/c1-5-4-13-9-7(12-5)3-2-6(10)8(9)11;1-5(2,3)4/h2-3,5,12H,4H2,1H3;1H3,(H,2,3,4)/t5-;/m0./s1. The molecule has 2 N–H and O–H groups in total. The first-order valence-electron chi connectivity index (χ1n) is 4.98. The minimum absolute atomic E-state index is 0.0156. The van der Waals surface area contributed by atoms with E-state index in [4.69, 9.17) is 9.29 Å². The number of nitrogens with one attached hydrogen (secondary N) is 1. The second-order valence-electron chi connectivity index (χ2n) is 3.83. The van der Waals surface area contributed by atoms with Crippen molar-refractivity contribution in [2.75, 3.05) is 18.2 Å². The highest BCUT2D eigenvalue weighted by molar-refractivity contribution is 7.85. The van der Waals surface area contributed by atoms with Crippen LogP contribution in [-0.4, -0.2) is 31.9 Å². The van der Waals surface area contributed by atoms with Gasteiger partial charge < -0.3 is 10.1 Å². The Bertz CT molecular complexity index is 525. The Morgan fingerprint density at radius 1 is 1.44 bits per heavy atom. The van der Waals surface area contributed by atoms with Gasteiger partial charge in [-0.25, -0.2) is 4.39 Å². The molecule has 0 aliphatic carbocycles. The van der Waals surface area contributed by atoms with Gasteiger partial charge in [0.1, 0.15) is 6.61 Å². The molecule has 0 fully saturated rings. The van der Waals surface area contributed by atoms with Crippen molar-refractivity contribution in [3.05, 3.63) is 23.8 Å². The Balaban J connectivity index is 0.000000280. The molecule has 0 amide bonds. The van der Waals surface area contributed by atoms with Crippen molar-refractivity contribution in [1.82, 2.24) is 0 Å². The number of benzene rings is 1. The maximum absolute atomic E-state index is 13.1. The molecule has 5 nitrogen and oxygen atoms in total. The van der Waals surface area contributed by atoms with Crippen molar-refractivity contribution in [2.45, 2.75) is 13.0 Å². The zero-order chi connectivity index (χ0) is 13.9. The van der Waals surface area contributed by atoms with Crippen molar-refractivity contribution < 1.29 is 26.5 Å². The number of fused-ring (bicyclic) bond motifs is 1. The highest BCUT2D eigenvalue weighted by atomic mass is 32.2. The molecule has 1 heterocycles. The molecule has 2 rings (SSSR count). The number of halogens is 2. The third-order valence-corrected chi connectivity index (χ3v) is 1.93. The molecular formula is C10H13F2NO4S. The molecule has 0 aromatic heterocycles. The van der Waals surface area contributed by atoms with Crippen LogP contribution in [0.2, 0.25) is 0 Å². The topological polar surface area (TPSA) is 75.6 Å². The normalized spacial score (nSPS) is 17.7. The van der Waals surface area contributed by atoms with Gasteiger partial charge in [0.05, 0.1) is 18.0 Å². The van der Waals surface area contributed by atoms with Gasteiger partial charge in [-0.3, -0.25) is 4.55 Å². The summed E-state index contributed by atoms with van der Waals surface area (Å²) in [6.07, 6.45) is 0.715. The van der Waals surface area contributed by atoms with E-state index in [1.165, 1.54) is 6.07 Å². The van der Waals surface area contributed by atoms with Gasteiger partial charge in [0.25, 0.3) is 10.1 Å². The summed E-state index contributed by atoms with van der Waals surface area (Å²) in [7, 11) is -3.67. The lowest BCUT2D eigenvalue weighted by molar-refractivity contribution is 0.272. The molecule has 1 aromatic rings. The zero-order valence-corrected chi connectivity index (χ0v) is 10.6. The zero-order valence-electron chi connectivity index (χ0n) is 9.78. The molecule has 1 aliphatic rings. The van der Waals surface area contributed by atoms with E-state index in [0.717, 1.165) is 6.07 Å². The van der Waals surface area contributed by atoms with Crippen LogP contribution in [0.4, 0.5) is 14.5 Å². The third kappa shape index (κ3) is 4.46. The van der Waals surface area contributed by atoms with Gasteiger partial charge in [0.2, 0.25) is 5.82 Å². The van der Waals surface area contributed by atoms with Gasteiger partial charge in [-0.2, -0.15) is 12.8 Å². The summed E-state index contributed by atoms with van der Waals surface area (Å²) in [6, 6.07) is 2.68. The smallest absolute Gasteiger partial charge is 0.261 e. The lowest BCUT2D eigenvalue weighted by atomic mass is 10.2. The van der Waals surface area contributed by atoms with Crippen LogP contribution in [0, 0.1) is 11.6 Å². The molecule has 1 atom stereocenters. The fourth-order valence-corrected chi connectivity index (χ4v) is 1.30. The number of rotatable bonds is 0. The molecule has 8 heteroatoms. The fourth-order valence-electron chi connectivity index (χ4n) is 1.30. The summed E-state index contributed by atoms with van der Waals surface area (Å²) < 4.78 is 56.7. The molecule has 1 aromatic carbocycles. The average molecular weight is 281 g/mol. The second kappa shape index (κ2) is 5.49. The summed E-state index contributed by atoms with van der Waals surface area (Å²) >= 11 is 0. The fraction of sp³-hybridized carbons (Fsp3) is 0.400. The first-order valence-corrected chi connectivity index (χ1v) is 6.83. The molecule has 1 aliphatic heterocycles. The van der Waals surface area contributed by atoms with Crippen molar-refractivity contribution >= 4 is 15.8 Å². The summed E-state index contributed by atoms with van der Waals surface area (Å²) in [5.41, 5.74) is 0.512. The van der Waals surface area contributed by atoms with E-state index in [1.54, 1.807) is 0 Å². The molecule has 0 unspecified atom stereocenters. The Morgan fingerprint density at radius 3 is 2.56 bits per heavy atom. The van der Waals surface area contributed by atoms with E-state index < -0.39 is 21.8 Å². The molecule has 0 spiro atoms. The van der Waals surface area contributed by atoms with Gasteiger partial charge in [-0.05, 0) is 19.1 Å². The van der Waals surface area contributed by atoms with Crippen LogP contribution in [0.5, 0.6) is 5.75 Å². The molecule has 0 radical (unpaired) electrons. The minimum atomic E-state index is -3.67. The van der Waals surface area contributed by atoms with Gasteiger partial charge in [-0.1, -0.05) is 0 Å². The van der Waals surface area contributed by atoms with Crippen molar-refractivity contribution in [2.24, 2.45) is 0 Å². The van der Waals surface area contributed by atoms with Crippen LogP contribution < -0.4 is 10.1 Å². The van der Waals surface area contributed by atoms with E-state index in [9.17, 15) is 17.2 Å². The summed E-state index contributed by atoms with van der Waals surface area (Å²) in [5.74, 6) is -1.81. The highest BCUT2D eigenvalue weighted by Crippen LogP contribution is 2.32. The van der Waals surface area contributed by atoms with Crippen LogP contribution in [0.25, 0.3) is 0 Å². The van der Waals surface area contributed by atoms with Crippen LogP contribution in [0.1, 0.15) is 6.92 Å². The maximum atomic E-state index is 13.1. The van der Waals surface area contributed by atoms with Crippen molar-refractivity contribution in [3.63, 3.8) is 0 Å². The van der Waals surface area contributed by atoms with Gasteiger partial charge in [0, 0.05) is 0 Å². The first-order chi connectivity index (χ1) is 8.18. The Kier molecular flexibility index (Phi) is 4.47. The van der Waals surface area contributed by atoms with E-state index in [0.29, 0.717) is 18.6 Å². The van der Waals surface area contributed by atoms with Crippen LogP contribution >= 0.6 is 0 Å². The number of anilines is 1. The van der Waals surface area contributed by atoms with Gasteiger partial charge in [-0.15, -0.1) is 0 Å². The lowest BCUT2D eigenvalue weighted by Crippen LogP contribution is -2.28. The van der Waals surface area contributed by atoms with Crippen molar-refractivity contribution in [1.29, 1.82) is 0 Å². The molecule has 0 saturated carbocycles. The van der Waals surface area contributed by atoms with Gasteiger partial charge >= 0.3 is 0 Å². The first kappa shape index (κ1) is 14.7. The van der Waals surface area contributed by atoms with Crippen LogP contribution in [-0.2, 0) is 10.1 Å². The molecule has 18 heavy (non-hydrogen) atoms. The average Bonchev–Trinajstić information content (AvgIpc) is 2.21. The highest BCUT2D eigenvalue weighted by Gasteiger charge is 2.20. The molecular weight excluding hydrogens is 268 g/mol. The Hall–Kier alpha value is -1.41. The predicted molar refractivity (Wildman–Crippen MR) is 62.4 cm³/mol. The van der Waals surface area contributed by atoms with Gasteiger partial charge in [0.15, 0.2) is 11.6 Å². The third-order valence-electron chi connectivity index (χ3n) is 1.93. The van der Waals surface area contributed by atoms with E-state index in [1.807, 2.05) is 6.92 Å². The quantitative estimate of drug-likeness (QED) is 0.707. The lowest BCUT2D eigenvalue weighted by Gasteiger charge is -2.24. The Labute approximate surface area is 104 Å². The monoisotopic (exact) mass is 281 g/mol. The maximum Gasteiger partial charge on any atom is 0.261 e. The van der Waals surface area contributed by atoms with Crippen LogP contribution in [0.3, 0.4) is 0 Å².